The molecular formula is C52H93N7O14. The molecule has 0 heterocycles. The third kappa shape index (κ3) is 31.8. The van der Waals surface area contributed by atoms with Gasteiger partial charge in [-0.05, 0) is 74.0 Å². The van der Waals surface area contributed by atoms with Crippen LogP contribution in [-0.4, -0.2) is 128 Å². The number of hydrogen-bond acceptors (Lipinski definition) is 11. The number of carboxylic acid groups (broad SMARTS) is 3. The number of unbranched alkanes of at least 4 members (excludes halogenated alkanes) is 4. The Hall–Kier alpha value is -5.34. The summed E-state index contributed by atoms with van der Waals surface area (Å²) in [4.78, 5) is 131. The van der Waals surface area contributed by atoms with E-state index >= 15 is 0 Å². The lowest BCUT2D eigenvalue weighted by atomic mass is 9.97. The summed E-state index contributed by atoms with van der Waals surface area (Å²) < 4.78 is 0. The number of carbonyl (C=O) groups is 10. The van der Waals surface area contributed by atoms with Crippen molar-refractivity contribution in [2.45, 2.75) is 234 Å². The van der Waals surface area contributed by atoms with E-state index in [4.69, 9.17) is 0 Å². The van der Waals surface area contributed by atoms with Gasteiger partial charge in [-0.3, -0.25) is 43.2 Å². The summed E-state index contributed by atoms with van der Waals surface area (Å²) in [5.74, 6) is -9.99. The van der Waals surface area contributed by atoms with Crippen molar-refractivity contribution < 1.29 is 68.4 Å². The first-order chi connectivity index (χ1) is 33.9. The maximum atomic E-state index is 14.0. The van der Waals surface area contributed by atoms with Crippen molar-refractivity contribution >= 4 is 59.3 Å². The Bertz CT molecular complexity index is 1770. The fourth-order valence-corrected chi connectivity index (χ4v) is 8.19. The zero-order valence-electron chi connectivity index (χ0n) is 45.8. The molecule has 21 nitrogen and oxygen atoms in total. The maximum Gasteiger partial charge on any atom is 0.326 e. The predicted octanol–water partition coefficient (Wildman–Crippen LogP) is 4.17. The fraction of sp³-hybridized carbons (Fsp3) is 0.808. The molecule has 0 aliphatic carbocycles. The third-order valence-corrected chi connectivity index (χ3v) is 11.9. The molecule has 0 rings (SSSR count). The molecule has 0 saturated heterocycles. The highest BCUT2D eigenvalue weighted by Gasteiger charge is 2.36. The van der Waals surface area contributed by atoms with E-state index in [-0.39, 0.29) is 68.6 Å². The molecule has 0 spiro atoms. The number of aliphatic carboxylic acids is 3. The Kier molecular flexibility index (Phi) is 33.1. The van der Waals surface area contributed by atoms with Gasteiger partial charge in [-0.2, -0.15) is 0 Å². The highest BCUT2D eigenvalue weighted by molar-refractivity contribution is 5.97. The van der Waals surface area contributed by atoms with E-state index < -0.39 is 126 Å². The summed E-state index contributed by atoms with van der Waals surface area (Å²) in [5, 5.41) is 57.4. The summed E-state index contributed by atoms with van der Waals surface area (Å²) in [6, 6.07) is -8.98. The van der Waals surface area contributed by atoms with Gasteiger partial charge in [-0.25, -0.2) is 4.79 Å². The van der Waals surface area contributed by atoms with E-state index in [9.17, 15) is 68.4 Å². The van der Waals surface area contributed by atoms with Crippen LogP contribution >= 0.6 is 0 Å². The Morgan fingerprint density at radius 1 is 0.370 bits per heavy atom. The Balaban J connectivity index is 6.17. The second kappa shape index (κ2) is 35.7. The van der Waals surface area contributed by atoms with Crippen LogP contribution in [0.3, 0.4) is 0 Å². The highest BCUT2D eigenvalue weighted by Crippen LogP contribution is 2.16. The van der Waals surface area contributed by atoms with Crippen LogP contribution in [0.4, 0.5) is 0 Å². The van der Waals surface area contributed by atoms with Gasteiger partial charge in [0.05, 0.1) is 18.9 Å². The summed E-state index contributed by atoms with van der Waals surface area (Å²) in [6.07, 6.45) is 3.79. The van der Waals surface area contributed by atoms with Crippen LogP contribution in [0.15, 0.2) is 0 Å². The molecule has 73 heavy (non-hydrogen) atoms. The van der Waals surface area contributed by atoms with Crippen molar-refractivity contribution in [2.75, 3.05) is 0 Å². The fourth-order valence-electron chi connectivity index (χ4n) is 8.19. The van der Waals surface area contributed by atoms with Gasteiger partial charge in [0.1, 0.15) is 36.3 Å². The van der Waals surface area contributed by atoms with Crippen LogP contribution in [0.2, 0.25) is 0 Å². The molecule has 0 radical (unpaired) electrons. The number of hydrogen-bond donors (Lipinski definition) is 11. The highest BCUT2D eigenvalue weighted by atomic mass is 16.4. The van der Waals surface area contributed by atoms with Crippen LogP contribution in [0.5, 0.6) is 0 Å². The van der Waals surface area contributed by atoms with Crippen molar-refractivity contribution in [3.05, 3.63) is 0 Å². The molecule has 0 aromatic carbocycles. The number of aliphatic hydroxyl groups is 1. The lowest BCUT2D eigenvalue weighted by Crippen LogP contribution is -2.60. The Morgan fingerprint density at radius 2 is 0.795 bits per heavy atom. The first kappa shape index (κ1) is 67.7. The molecular weight excluding hydrogens is 947 g/mol. The average Bonchev–Trinajstić information content (AvgIpc) is 3.24. The molecule has 0 saturated carbocycles. The van der Waals surface area contributed by atoms with Crippen LogP contribution < -0.4 is 37.2 Å². The van der Waals surface area contributed by atoms with Crippen molar-refractivity contribution in [1.82, 2.24) is 37.2 Å². The maximum absolute atomic E-state index is 14.0. The molecule has 0 aromatic rings. The SMILES string of the molecule is CC(C)CCCCCCCC(O)CC(=O)N[C@@H](CCC(=O)O)C(=O)N[C@H](CC(=O)N[C@H](CC(C)C)C(=O)N[C@H](C(=O)N[C@@H](CC(=O)O)C(=O)N[C@H](CC(C)C)C(=O)N[C@@H](CC(C)C)C(=O)O)C(C)C)CC(C)C. The normalized spacial score (nSPS) is 14.9. The molecule has 0 bridgehead atoms. The second-order valence-electron chi connectivity index (χ2n) is 22.0. The zero-order valence-corrected chi connectivity index (χ0v) is 45.8. The van der Waals surface area contributed by atoms with Gasteiger partial charge < -0.3 is 57.6 Å². The molecule has 0 aromatic heterocycles. The van der Waals surface area contributed by atoms with Crippen LogP contribution in [0.25, 0.3) is 0 Å². The first-order valence-electron chi connectivity index (χ1n) is 26.4. The lowest BCUT2D eigenvalue weighted by Gasteiger charge is -2.29. The molecule has 0 aliphatic heterocycles. The summed E-state index contributed by atoms with van der Waals surface area (Å²) in [7, 11) is 0. The van der Waals surface area contributed by atoms with Gasteiger partial charge in [0, 0.05) is 18.9 Å². The van der Waals surface area contributed by atoms with Crippen molar-refractivity contribution in [1.29, 1.82) is 0 Å². The van der Waals surface area contributed by atoms with Crippen LogP contribution in [-0.2, 0) is 47.9 Å². The van der Waals surface area contributed by atoms with E-state index in [1.165, 1.54) is 0 Å². The molecule has 8 atom stereocenters. The van der Waals surface area contributed by atoms with Gasteiger partial charge in [-0.15, -0.1) is 0 Å². The molecule has 0 fully saturated rings. The smallest absolute Gasteiger partial charge is 0.326 e. The number of nitrogens with one attached hydrogen (secondary N) is 7. The topological polar surface area (TPSA) is 336 Å². The van der Waals surface area contributed by atoms with E-state index in [2.05, 4.69) is 51.1 Å². The number of aliphatic hydroxyl groups excluding tert-OH is 1. The number of carboxylic acids is 3. The van der Waals surface area contributed by atoms with E-state index in [1.807, 2.05) is 13.8 Å². The van der Waals surface area contributed by atoms with Crippen molar-refractivity contribution in [2.24, 2.45) is 35.5 Å². The lowest BCUT2D eigenvalue weighted by molar-refractivity contribution is -0.143. The molecule has 21 heteroatoms. The first-order valence-corrected chi connectivity index (χ1v) is 26.4. The van der Waals surface area contributed by atoms with Gasteiger partial charge in [0.15, 0.2) is 0 Å². The molecule has 11 N–H and O–H groups in total. The molecule has 7 amide bonds. The third-order valence-electron chi connectivity index (χ3n) is 11.9. The monoisotopic (exact) mass is 1040 g/mol. The standard InChI is InChI=1S/C52H93N7O14/c1-29(2)18-16-14-13-15-17-19-36(60)27-43(62)54-37(20-21-44(63)64)47(67)53-35(22-30(3)4)26-42(61)55-38(23-31(5)6)50(70)59-46(34(11)12)51(71)57-40(28-45(65)66)49(69)56-39(24-32(7)8)48(68)58-41(52(72)73)25-33(9)10/h29-41,46,60H,13-28H2,1-12H3,(H,53,67)(H,54,62)(H,55,61)(H,56,69)(H,57,71)(H,58,68)(H,59,70)(H,63,64)(H,65,66)(H,72,73)/t35-,36?,37-,38+,39+,40-,41-,46-/m0/s1. The van der Waals surface area contributed by atoms with Gasteiger partial charge in [0.25, 0.3) is 0 Å². The quantitative estimate of drug-likeness (QED) is 0.0385. The van der Waals surface area contributed by atoms with Gasteiger partial charge in [-0.1, -0.05) is 122 Å². The molecule has 420 valence electrons. The van der Waals surface area contributed by atoms with Gasteiger partial charge in [0.2, 0.25) is 41.4 Å². The van der Waals surface area contributed by atoms with Crippen molar-refractivity contribution in [3.63, 3.8) is 0 Å². The largest absolute Gasteiger partial charge is 0.481 e. The van der Waals surface area contributed by atoms with Crippen LogP contribution in [0.1, 0.15) is 186 Å². The molecule has 1 unspecified atom stereocenters. The molecule has 0 aliphatic rings. The predicted molar refractivity (Wildman–Crippen MR) is 275 cm³/mol. The second-order valence-corrected chi connectivity index (χ2v) is 22.0. The van der Waals surface area contributed by atoms with Crippen LogP contribution in [0, 0.1) is 35.5 Å². The Morgan fingerprint density at radius 3 is 1.29 bits per heavy atom. The minimum absolute atomic E-state index is 0.0496. The van der Waals surface area contributed by atoms with E-state index in [0.717, 1.165) is 38.5 Å². The number of rotatable bonds is 39. The minimum atomic E-state index is -1.73. The van der Waals surface area contributed by atoms with E-state index in [0.29, 0.717) is 12.3 Å². The Labute approximate surface area is 433 Å². The number of amides is 7. The van der Waals surface area contributed by atoms with E-state index in [1.54, 1.807) is 55.4 Å². The number of carbonyl (C=O) groups excluding carboxylic acids is 7. The minimum Gasteiger partial charge on any atom is -0.481 e. The summed E-state index contributed by atoms with van der Waals surface area (Å²) in [6.45, 7) is 21.9. The zero-order chi connectivity index (χ0) is 56.1. The summed E-state index contributed by atoms with van der Waals surface area (Å²) >= 11 is 0. The van der Waals surface area contributed by atoms with Gasteiger partial charge >= 0.3 is 17.9 Å². The average molecular weight is 1040 g/mol. The summed E-state index contributed by atoms with van der Waals surface area (Å²) in [5.41, 5.74) is 0. The van der Waals surface area contributed by atoms with Crippen molar-refractivity contribution in [3.8, 4) is 0 Å².